The molecule has 1 heterocycles. The maximum atomic E-state index is 11.9. The molecule has 0 aliphatic rings. The number of benzene rings is 2. The van der Waals surface area contributed by atoms with E-state index in [0.29, 0.717) is 5.16 Å². The first-order valence-electron chi connectivity index (χ1n) is 7.69. The van der Waals surface area contributed by atoms with Gasteiger partial charge in [-0.1, -0.05) is 59.8 Å². The Morgan fingerprint density at radius 3 is 2.72 bits per heavy atom. The van der Waals surface area contributed by atoms with Crippen LogP contribution in [0.4, 0.5) is 0 Å². The molecule has 25 heavy (non-hydrogen) atoms. The van der Waals surface area contributed by atoms with Crippen LogP contribution in [0.1, 0.15) is 11.1 Å². The summed E-state index contributed by atoms with van der Waals surface area (Å²) in [6.45, 7) is 2.02. The number of carbonyl (C=O) groups is 1. The van der Waals surface area contributed by atoms with E-state index in [2.05, 4.69) is 20.7 Å². The van der Waals surface area contributed by atoms with Gasteiger partial charge in [0.15, 0.2) is 5.16 Å². The molecule has 1 amide bonds. The molecule has 0 atom stereocenters. The summed E-state index contributed by atoms with van der Waals surface area (Å²) in [5.74, 6) is 0.00695. The molecule has 2 aromatic carbocycles. The summed E-state index contributed by atoms with van der Waals surface area (Å²) in [6.07, 6.45) is 3.25. The van der Waals surface area contributed by atoms with Gasteiger partial charge in [0, 0.05) is 5.69 Å². The van der Waals surface area contributed by atoms with Gasteiger partial charge < -0.3 is 0 Å². The van der Waals surface area contributed by atoms with Crippen LogP contribution in [-0.2, 0) is 4.79 Å². The van der Waals surface area contributed by atoms with Crippen molar-refractivity contribution in [1.29, 1.82) is 0 Å². The lowest BCUT2D eigenvalue weighted by Crippen LogP contribution is -2.19. The Bertz CT molecular complexity index is 859. The van der Waals surface area contributed by atoms with Gasteiger partial charge in [0.2, 0.25) is 0 Å². The first kappa shape index (κ1) is 16.9. The van der Waals surface area contributed by atoms with Gasteiger partial charge in [-0.2, -0.15) is 5.10 Å². The van der Waals surface area contributed by atoms with Crippen LogP contribution in [0.3, 0.4) is 0 Å². The highest BCUT2D eigenvalue weighted by Gasteiger charge is 2.09. The second-order valence-corrected chi connectivity index (χ2v) is 6.25. The van der Waals surface area contributed by atoms with Gasteiger partial charge in [0.1, 0.15) is 6.33 Å². The molecular weight excluding hydrogens is 334 g/mol. The third kappa shape index (κ3) is 4.77. The summed E-state index contributed by atoms with van der Waals surface area (Å²) in [6, 6.07) is 17.6. The Balaban J connectivity index is 1.53. The number of para-hydroxylation sites is 1. The Labute approximate surface area is 150 Å². The number of nitrogens with one attached hydrogen (secondary N) is 1. The van der Waals surface area contributed by atoms with E-state index in [0.717, 1.165) is 11.3 Å². The Morgan fingerprint density at radius 2 is 1.96 bits per heavy atom. The topological polar surface area (TPSA) is 72.2 Å². The van der Waals surface area contributed by atoms with Crippen LogP contribution >= 0.6 is 11.8 Å². The van der Waals surface area contributed by atoms with Crippen molar-refractivity contribution in [1.82, 2.24) is 20.2 Å². The summed E-state index contributed by atoms with van der Waals surface area (Å²) in [4.78, 5) is 11.9. The molecule has 7 heteroatoms. The molecule has 1 N–H and O–H groups in total. The van der Waals surface area contributed by atoms with Gasteiger partial charge in [0.05, 0.1) is 12.0 Å². The Hall–Kier alpha value is -2.93. The molecule has 3 aromatic rings. The van der Waals surface area contributed by atoms with Crippen molar-refractivity contribution in [3.05, 3.63) is 72.1 Å². The highest BCUT2D eigenvalue weighted by molar-refractivity contribution is 7.99. The number of hydrogen-bond donors (Lipinski definition) is 1. The molecule has 0 bridgehead atoms. The van der Waals surface area contributed by atoms with Gasteiger partial charge in [-0.15, -0.1) is 10.2 Å². The van der Waals surface area contributed by atoms with Crippen molar-refractivity contribution < 1.29 is 4.79 Å². The third-order valence-corrected chi connectivity index (χ3v) is 4.31. The predicted octanol–water partition coefficient (Wildman–Crippen LogP) is 2.82. The molecule has 0 unspecified atom stereocenters. The zero-order valence-corrected chi connectivity index (χ0v) is 14.5. The van der Waals surface area contributed by atoms with Crippen LogP contribution in [-0.4, -0.2) is 32.6 Å². The van der Waals surface area contributed by atoms with Crippen molar-refractivity contribution in [3.63, 3.8) is 0 Å². The van der Waals surface area contributed by atoms with E-state index in [9.17, 15) is 4.79 Å². The molecule has 0 aliphatic heterocycles. The van der Waals surface area contributed by atoms with Gasteiger partial charge in [0.25, 0.3) is 5.91 Å². The molecule has 1 aromatic heterocycles. The SMILES string of the molecule is Cc1ccc(/C=N/NC(=O)CSc2nncn2-c2ccccc2)cc1. The van der Waals surface area contributed by atoms with Gasteiger partial charge in [-0.25, -0.2) is 5.43 Å². The quantitative estimate of drug-likeness (QED) is 0.421. The monoisotopic (exact) mass is 351 g/mol. The average Bonchev–Trinajstić information content (AvgIpc) is 3.11. The zero-order valence-electron chi connectivity index (χ0n) is 13.7. The minimum absolute atomic E-state index is 0.198. The predicted molar refractivity (Wildman–Crippen MR) is 99.0 cm³/mol. The number of amides is 1. The zero-order chi connectivity index (χ0) is 17.5. The fourth-order valence-corrected chi connectivity index (χ4v) is 2.80. The van der Waals surface area contributed by atoms with Crippen LogP contribution < -0.4 is 5.43 Å². The second kappa shape index (κ2) is 8.25. The van der Waals surface area contributed by atoms with Crippen molar-refractivity contribution >= 4 is 23.9 Å². The van der Waals surface area contributed by atoms with E-state index in [1.165, 1.54) is 17.3 Å². The lowest BCUT2D eigenvalue weighted by atomic mass is 10.2. The smallest absolute Gasteiger partial charge is 0.250 e. The van der Waals surface area contributed by atoms with Crippen molar-refractivity contribution in [2.24, 2.45) is 5.10 Å². The Kier molecular flexibility index (Phi) is 5.58. The molecule has 0 spiro atoms. The number of aryl methyl sites for hydroxylation is 1. The third-order valence-electron chi connectivity index (χ3n) is 3.36. The fraction of sp³-hybridized carbons (Fsp3) is 0.111. The largest absolute Gasteiger partial charge is 0.277 e. The number of nitrogens with zero attached hydrogens (tertiary/aromatic N) is 4. The first-order valence-corrected chi connectivity index (χ1v) is 8.68. The number of aromatic nitrogens is 3. The van der Waals surface area contributed by atoms with E-state index in [-0.39, 0.29) is 11.7 Å². The van der Waals surface area contributed by atoms with Crippen LogP contribution in [0, 0.1) is 6.92 Å². The lowest BCUT2D eigenvalue weighted by Gasteiger charge is -2.05. The Morgan fingerprint density at radius 1 is 1.20 bits per heavy atom. The van der Waals surface area contributed by atoms with E-state index in [4.69, 9.17) is 0 Å². The van der Waals surface area contributed by atoms with Crippen LogP contribution in [0.15, 0.2) is 71.2 Å². The minimum atomic E-state index is -0.198. The van der Waals surface area contributed by atoms with Gasteiger partial charge >= 0.3 is 0 Å². The summed E-state index contributed by atoms with van der Waals surface area (Å²) in [5, 5.41) is 12.6. The summed E-state index contributed by atoms with van der Waals surface area (Å²) < 4.78 is 1.84. The second-order valence-electron chi connectivity index (χ2n) is 5.31. The van der Waals surface area contributed by atoms with E-state index >= 15 is 0 Å². The average molecular weight is 351 g/mol. The molecule has 6 nitrogen and oxygen atoms in total. The number of thioether (sulfide) groups is 1. The number of hydrazone groups is 1. The van der Waals surface area contributed by atoms with E-state index < -0.39 is 0 Å². The van der Waals surface area contributed by atoms with Crippen LogP contribution in [0.2, 0.25) is 0 Å². The fourth-order valence-electron chi connectivity index (χ4n) is 2.08. The highest BCUT2D eigenvalue weighted by Crippen LogP contribution is 2.18. The minimum Gasteiger partial charge on any atom is -0.277 e. The van der Waals surface area contributed by atoms with Crippen LogP contribution in [0.5, 0.6) is 0 Å². The molecule has 0 fully saturated rings. The molecular formula is C18H17N5OS. The van der Waals surface area contributed by atoms with Crippen molar-refractivity contribution in [2.75, 3.05) is 5.75 Å². The van der Waals surface area contributed by atoms with Crippen LogP contribution in [0.25, 0.3) is 5.69 Å². The first-order chi connectivity index (χ1) is 12.2. The van der Waals surface area contributed by atoms with E-state index in [1.54, 1.807) is 12.5 Å². The number of hydrogen-bond acceptors (Lipinski definition) is 5. The summed E-state index contributed by atoms with van der Waals surface area (Å²) in [7, 11) is 0. The van der Waals surface area contributed by atoms with Crippen molar-refractivity contribution in [2.45, 2.75) is 12.1 Å². The molecule has 3 rings (SSSR count). The van der Waals surface area contributed by atoms with Gasteiger partial charge in [-0.3, -0.25) is 9.36 Å². The molecule has 0 radical (unpaired) electrons. The molecule has 126 valence electrons. The maximum absolute atomic E-state index is 11.9. The standard InChI is InChI=1S/C18H17N5OS/c1-14-7-9-15(10-8-14)11-19-21-17(24)12-25-18-22-20-13-23(18)16-5-3-2-4-6-16/h2-11,13H,12H2,1H3,(H,21,24)/b19-11+. The maximum Gasteiger partial charge on any atom is 0.250 e. The lowest BCUT2D eigenvalue weighted by molar-refractivity contribution is -0.118. The molecule has 0 aliphatic carbocycles. The number of carbonyl (C=O) groups excluding carboxylic acids is 1. The van der Waals surface area contributed by atoms with Crippen molar-refractivity contribution in [3.8, 4) is 5.69 Å². The van der Waals surface area contributed by atoms with E-state index in [1.807, 2.05) is 66.1 Å². The normalized spacial score (nSPS) is 10.9. The molecule has 0 saturated carbocycles. The summed E-state index contributed by atoms with van der Waals surface area (Å²) in [5.41, 5.74) is 5.58. The number of rotatable bonds is 6. The summed E-state index contributed by atoms with van der Waals surface area (Å²) >= 11 is 1.31. The highest BCUT2D eigenvalue weighted by atomic mass is 32.2. The van der Waals surface area contributed by atoms with Gasteiger partial charge in [-0.05, 0) is 24.6 Å². The molecule has 0 saturated heterocycles.